The SMILES string of the molecule is CCC1CCN2CC3(CCCc4c3ccc(Cl)c4F)COc3ccc(cc32)C(=O)NSC(C)CC/C=C(\C)C1OCCN(C)S(C)=O. The van der Waals surface area contributed by atoms with Crippen molar-refractivity contribution in [3.63, 3.8) is 0 Å². The molecule has 2 heterocycles. The molecule has 2 aliphatic heterocycles. The Kier molecular flexibility index (Phi) is 12.4. The minimum atomic E-state index is -1.06. The highest BCUT2D eigenvalue weighted by molar-refractivity contribution is 7.98. The highest BCUT2D eigenvalue weighted by atomic mass is 35.5. The fourth-order valence-corrected chi connectivity index (χ4v) is 8.42. The molecule has 2 aromatic rings. The van der Waals surface area contributed by atoms with E-state index in [2.05, 4.69) is 36.5 Å². The van der Waals surface area contributed by atoms with Gasteiger partial charge in [-0.3, -0.25) is 9.52 Å². The number of nitrogens with zero attached hydrogens (tertiary/aromatic N) is 2. The van der Waals surface area contributed by atoms with Crippen LogP contribution in [0.4, 0.5) is 10.1 Å². The number of carbonyl (C=O) groups excluding carboxylic acids is 1. The number of nitrogens with one attached hydrogen (secondary N) is 1. The minimum absolute atomic E-state index is 0.0797. The monoisotopic (exact) mass is 705 g/mol. The van der Waals surface area contributed by atoms with Crippen LogP contribution in [0.2, 0.25) is 5.02 Å². The van der Waals surface area contributed by atoms with Crippen molar-refractivity contribution in [2.24, 2.45) is 5.92 Å². The largest absolute Gasteiger partial charge is 0.490 e. The van der Waals surface area contributed by atoms with E-state index in [-0.39, 0.29) is 34.0 Å². The van der Waals surface area contributed by atoms with Crippen LogP contribution in [0.1, 0.15) is 80.8 Å². The maximum Gasteiger partial charge on any atom is 0.261 e. The number of carbonyl (C=O) groups is 1. The van der Waals surface area contributed by atoms with E-state index in [1.54, 1.807) is 16.6 Å². The third-order valence-electron chi connectivity index (χ3n) is 10.1. The van der Waals surface area contributed by atoms with Crippen molar-refractivity contribution in [2.45, 2.75) is 82.5 Å². The van der Waals surface area contributed by atoms with Crippen molar-refractivity contribution in [3.05, 3.63) is 69.5 Å². The van der Waals surface area contributed by atoms with Gasteiger partial charge in [-0.15, -0.1) is 0 Å². The zero-order valence-corrected chi connectivity index (χ0v) is 30.7. The number of halogens is 2. The molecule has 2 bridgehead atoms. The van der Waals surface area contributed by atoms with Gasteiger partial charge in [0.05, 0.1) is 41.0 Å². The third kappa shape index (κ3) is 8.38. The van der Waals surface area contributed by atoms with E-state index < -0.39 is 16.4 Å². The Morgan fingerprint density at radius 2 is 2.09 bits per heavy atom. The molecule has 0 fully saturated rings. The van der Waals surface area contributed by atoms with Crippen LogP contribution in [-0.2, 0) is 27.6 Å². The number of benzene rings is 2. The smallest absolute Gasteiger partial charge is 0.261 e. The molecule has 47 heavy (non-hydrogen) atoms. The molecule has 1 N–H and O–H groups in total. The summed E-state index contributed by atoms with van der Waals surface area (Å²) < 4.78 is 45.4. The summed E-state index contributed by atoms with van der Waals surface area (Å²) in [7, 11) is 0.795. The van der Waals surface area contributed by atoms with Crippen LogP contribution in [0.15, 0.2) is 42.0 Å². The predicted octanol–water partition coefficient (Wildman–Crippen LogP) is 7.49. The highest BCUT2D eigenvalue weighted by Gasteiger charge is 2.43. The second-order valence-electron chi connectivity index (χ2n) is 13.3. The van der Waals surface area contributed by atoms with E-state index in [4.69, 9.17) is 21.1 Å². The second-order valence-corrected chi connectivity index (χ2v) is 16.4. The lowest BCUT2D eigenvalue weighted by atomic mass is 9.70. The number of hydrogen-bond donors (Lipinski definition) is 1. The molecule has 3 aliphatic rings. The van der Waals surface area contributed by atoms with Crippen molar-refractivity contribution >= 4 is 46.1 Å². The van der Waals surface area contributed by atoms with Gasteiger partial charge in [-0.25, -0.2) is 12.9 Å². The first-order valence-corrected chi connectivity index (χ1v) is 19.6. The van der Waals surface area contributed by atoms with Gasteiger partial charge in [0, 0.05) is 42.1 Å². The zero-order chi connectivity index (χ0) is 33.7. The summed E-state index contributed by atoms with van der Waals surface area (Å²) in [6.45, 7) is 9.33. The Hall–Kier alpha value is -2.11. The van der Waals surface area contributed by atoms with Gasteiger partial charge in [-0.05, 0) is 111 Å². The van der Waals surface area contributed by atoms with Gasteiger partial charge in [0.15, 0.2) is 0 Å². The lowest BCUT2D eigenvalue weighted by Gasteiger charge is -2.41. The van der Waals surface area contributed by atoms with Crippen LogP contribution in [0, 0.1) is 11.7 Å². The van der Waals surface area contributed by atoms with Gasteiger partial charge < -0.3 is 14.4 Å². The van der Waals surface area contributed by atoms with Crippen LogP contribution >= 0.6 is 23.5 Å². The maximum absolute atomic E-state index is 15.4. The molecule has 5 unspecified atom stereocenters. The average molecular weight is 706 g/mol. The Morgan fingerprint density at radius 3 is 2.85 bits per heavy atom. The Bertz CT molecular complexity index is 1490. The normalized spacial score (nSPS) is 27.3. The topological polar surface area (TPSA) is 71.1 Å². The molecule has 11 heteroatoms. The summed E-state index contributed by atoms with van der Waals surface area (Å²) in [5.74, 6) is 0.512. The fraction of sp³-hybridized carbons (Fsp3) is 0.583. The molecule has 1 amide bonds. The summed E-state index contributed by atoms with van der Waals surface area (Å²) >= 11 is 7.70. The molecule has 0 saturated carbocycles. The van der Waals surface area contributed by atoms with Crippen LogP contribution in [0.3, 0.4) is 0 Å². The van der Waals surface area contributed by atoms with Crippen LogP contribution in [0.25, 0.3) is 0 Å². The first-order valence-electron chi connectivity index (χ1n) is 16.8. The van der Waals surface area contributed by atoms with E-state index in [9.17, 15) is 9.00 Å². The number of hydrogen-bond acceptors (Lipinski definition) is 6. The predicted molar refractivity (Wildman–Crippen MR) is 193 cm³/mol. The Balaban J connectivity index is 1.52. The van der Waals surface area contributed by atoms with Crippen molar-refractivity contribution in [1.82, 2.24) is 9.03 Å². The van der Waals surface area contributed by atoms with Gasteiger partial charge in [0.1, 0.15) is 11.6 Å². The maximum atomic E-state index is 15.4. The van der Waals surface area contributed by atoms with Crippen molar-refractivity contribution in [1.29, 1.82) is 0 Å². The molecule has 5 rings (SSSR count). The molecular weight excluding hydrogens is 657 g/mol. The second kappa shape index (κ2) is 16.1. The van der Waals surface area contributed by atoms with Gasteiger partial charge in [-0.2, -0.15) is 0 Å². The van der Waals surface area contributed by atoms with Crippen molar-refractivity contribution < 1.29 is 22.9 Å². The number of anilines is 1. The number of allylic oxidation sites excluding steroid dienone is 1. The first kappa shape index (κ1) is 36.2. The zero-order valence-electron chi connectivity index (χ0n) is 28.3. The van der Waals surface area contributed by atoms with E-state index in [0.29, 0.717) is 50.4 Å². The summed E-state index contributed by atoms with van der Waals surface area (Å²) in [5, 5.41) is 0.384. The molecule has 258 valence electrons. The van der Waals surface area contributed by atoms with Crippen LogP contribution in [-0.4, -0.2) is 71.9 Å². The number of likely N-dealkylation sites (N-methyl/N-ethyl adjacent to an activating group) is 1. The Morgan fingerprint density at radius 1 is 1.28 bits per heavy atom. The Labute approximate surface area is 291 Å². The number of rotatable bonds is 6. The van der Waals surface area contributed by atoms with E-state index in [1.807, 2.05) is 31.3 Å². The van der Waals surface area contributed by atoms with E-state index in [1.165, 1.54) is 17.5 Å². The average Bonchev–Trinajstić information content (AvgIpc) is 3.21. The number of ether oxygens (including phenoxy) is 2. The van der Waals surface area contributed by atoms with Gasteiger partial charge >= 0.3 is 0 Å². The molecule has 5 atom stereocenters. The molecular formula is C36H49ClFN3O4S2. The van der Waals surface area contributed by atoms with Crippen molar-refractivity contribution in [2.75, 3.05) is 51.1 Å². The quantitative estimate of drug-likeness (QED) is 0.248. The fourth-order valence-electron chi connectivity index (χ4n) is 7.23. The molecule has 7 nitrogen and oxygen atoms in total. The lowest BCUT2D eigenvalue weighted by Crippen LogP contribution is -2.46. The summed E-state index contributed by atoms with van der Waals surface area (Å²) in [6.07, 6.45) is 9.83. The van der Waals surface area contributed by atoms with Gasteiger partial charge in [-0.1, -0.05) is 44.0 Å². The summed E-state index contributed by atoms with van der Waals surface area (Å²) in [5.41, 5.74) is 3.91. The van der Waals surface area contributed by atoms with Crippen LogP contribution in [0.5, 0.6) is 5.75 Å². The molecule has 2 aromatic carbocycles. The highest BCUT2D eigenvalue weighted by Crippen LogP contribution is 2.45. The van der Waals surface area contributed by atoms with Gasteiger partial charge in [0.2, 0.25) is 0 Å². The molecule has 1 spiro atoms. The first-order chi connectivity index (χ1) is 22.5. The lowest BCUT2D eigenvalue weighted by molar-refractivity contribution is 0.0300. The molecule has 0 saturated heterocycles. The van der Waals surface area contributed by atoms with Gasteiger partial charge in [0.25, 0.3) is 5.91 Å². The minimum Gasteiger partial charge on any atom is -0.490 e. The molecule has 0 radical (unpaired) electrons. The standard InChI is InChI=1S/C36H49ClFN3O4S2/c1-6-26-16-18-41-22-36(17-8-11-28-29(36)13-14-30(37)33(28)38)23-45-32-15-12-27(21-31(32)41)35(42)39-46-25(3)10-7-9-24(2)34(26)44-20-19-40(4)47(5)43/h9,12-15,21,25-26,34H,6-8,10-11,16-20,22-23H2,1-5H3,(H,39,42)/b24-9+. The number of fused-ring (bicyclic) bond motifs is 3. The summed E-state index contributed by atoms with van der Waals surface area (Å²) in [6, 6.07) is 9.35. The van der Waals surface area contributed by atoms with Crippen molar-refractivity contribution in [3.8, 4) is 5.75 Å². The van der Waals surface area contributed by atoms with E-state index in [0.717, 1.165) is 55.5 Å². The summed E-state index contributed by atoms with van der Waals surface area (Å²) in [4.78, 5) is 15.7. The molecule has 1 aliphatic carbocycles. The van der Waals surface area contributed by atoms with E-state index >= 15 is 4.39 Å². The molecule has 0 aromatic heterocycles. The van der Waals surface area contributed by atoms with Crippen LogP contribution < -0.4 is 14.4 Å². The number of amides is 1. The third-order valence-corrected chi connectivity index (χ3v) is 12.4.